The lowest BCUT2D eigenvalue weighted by Gasteiger charge is -2.43. The Morgan fingerprint density at radius 1 is 0.894 bits per heavy atom. The van der Waals surface area contributed by atoms with Crippen molar-refractivity contribution in [3.05, 3.63) is 88.8 Å². The Morgan fingerprint density at radius 2 is 1.51 bits per heavy atom. The number of piperidine rings is 1. The molecule has 3 fully saturated rings. The van der Waals surface area contributed by atoms with Gasteiger partial charge in [0.2, 0.25) is 10.0 Å². The minimum absolute atomic E-state index is 0.0162. The molecule has 3 aromatic rings. The van der Waals surface area contributed by atoms with Crippen LogP contribution in [0.2, 0.25) is 0 Å². The number of carbonyl (C=O) groups excluding carboxylic acids is 2. The molecule has 4 heterocycles. The van der Waals surface area contributed by atoms with Gasteiger partial charge in [-0.15, -0.1) is 0 Å². The van der Waals surface area contributed by atoms with Crippen molar-refractivity contribution < 1.29 is 22.4 Å². The van der Waals surface area contributed by atoms with Crippen LogP contribution in [-0.2, 0) is 15.4 Å². The maximum atomic E-state index is 14.5. The Hall–Kier alpha value is -3.74. The summed E-state index contributed by atoms with van der Waals surface area (Å²) in [5, 5.41) is 0. The zero-order valence-electron chi connectivity index (χ0n) is 27.5. The molecule has 0 spiro atoms. The predicted molar refractivity (Wildman–Crippen MR) is 176 cm³/mol. The van der Waals surface area contributed by atoms with Gasteiger partial charge in [0.25, 0.3) is 11.8 Å². The smallest absolute Gasteiger partial charge is 0.257 e. The molecule has 1 aromatic heterocycles. The lowest BCUT2D eigenvalue weighted by Crippen LogP contribution is -2.46. The summed E-state index contributed by atoms with van der Waals surface area (Å²) < 4.78 is 40.6. The maximum Gasteiger partial charge on any atom is 0.257 e. The summed E-state index contributed by atoms with van der Waals surface area (Å²) in [7, 11) is -0.632. The summed E-state index contributed by atoms with van der Waals surface area (Å²) in [6, 6.07) is 13.0. The summed E-state index contributed by atoms with van der Waals surface area (Å²) >= 11 is 0. The van der Waals surface area contributed by atoms with Crippen LogP contribution >= 0.6 is 0 Å². The largest absolute Gasteiger partial charge is 0.339 e. The third-order valence-electron chi connectivity index (χ3n) is 10.5. The van der Waals surface area contributed by atoms with Crippen molar-refractivity contribution in [2.75, 3.05) is 59.9 Å². The number of fused-ring (bicyclic) bond motifs is 1. The SMILES string of the molecule is Cc1ncnc(C)c1C(=O)N1CC2CN(CCC3(c4cccc(F)c4)CCN(C(=O)c4ccc(S(=O)(=O)N(C)C)cc4)CC3)CC2C1. The quantitative estimate of drug-likeness (QED) is 0.362. The Bertz CT molecular complexity index is 1720. The molecule has 3 aliphatic rings. The van der Waals surface area contributed by atoms with Gasteiger partial charge in [0, 0.05) is 58.9 Å². The molecule has 2 unspecified atom stereocenters. The molecule has 47 heavy (non-hydrogen) atoms. The number of likely N-dealkylation sites (tertiary alicyclic amines) is 3. The summed E-state index contributed by atoms with van der Waals surface area (Å²) in [4.78, 5) is 41.7. The molecule has 3 saturated heterocycles. The second-order valence-corrected chi connectivity index (χ2v) is 15.7. The highest BCUT2D eigenvalue weighted by Crippen LogP contribution is 2.41. The van der Waals surface area contributed by atoms with Crippen molar-refractivity contribution in [1.82, 2.24) is 29.0 Å². The Kier molecular flexibility index (Phi) is 9.21. The van der Waals surface area contributed by atoms with Gasteiger partial charge in [0.1, 0.15) is 12.1 Å². The number of nitrogens with zero attached hydrogens (tertiary/aromatic N) is 6. The monoisotopic (exact) mass is 662 g/mol. The standard InChI is InChI=1S/C35H43FN6O4S/c1-24-32(25(2)38-23-37-24)34(44)42-21-27-19-40(20-28(27)22-42)15-12-35(29-6-5-7-30(36)18-29)13-16-41(17-14-35)33(43)26-8-10-31(11-9-26)47(45,46)39(3)4/h5-11,18,23,27-28H,12-17,19-22H2,1-4H3. The number of hydrogen-bond donors (Lipinski definition) is 0. The first-order valence-corrected chi connectivity index (χ1v) is 17.7. The van der Waals surface area contributed by atoms with Gasteiger partial charge >= 0.3 is 0 Å². The molecular formula is C35H43FN6O4S. The van der Waals surface area contributed by atoms with Gasteiger partial charge in [-0.3, -0.25) is 9.59 Å². The number of benzene rings is 2. The van der Waals surface area contributed by atoms with E-state index in [1.54, 1.807) is 24.3 Å². The van der Waals surface area contributed by atoms with E-state index in [1.807, 2.05) is 29.7 Å². The first kappa shape index (κ1) is 33.2. The molecule has 0 aliphatic carbocycles. The third-order valence-corrected chi connectivity index (χ3v) is 12.3. The number of aromatic nitrogens is 2. The number of hydrogen-bond acceptors (Lipinski definition) is 7. The van der Waals surface area contributed by atoms with Gasteiger partial charge in [-0.2, -0.15) is 0 Å². The molecule has 0 radical (unpaired) electrons. The van der Waals surface area contributed by atoms with Gasteiger partial charge in [-0.1, -0.05) is 12.1 Å². The topological polar surface area (TPSA) is 107 Å². The average Bonchev–Trinajstić information content (AvgIpc) is 3.63. The number of aryl methyl sites for hydroxylation is 2. The van der Waals surface area contributed by atoms with Gasteiger partial charge in [-0.25, -0.2) is 27.1 Å². The second kappa shape index (κ2) is 13.0. The Morgan fingerprint density at radius 3 is 2.09 bits per heavy atom. The number of amides is 2. The molecule has 3 aliphatic heterocycles. The predicted octanol–water partition coefficient (Wildman–Crippen LogP) is 3.75. The van der Waals surface area contributed by atoms with E-state index in [-0.39, 0.29) is 27.9 Å². The minimum Gasteiger partial charge on any atom is -0.339 e. The van der Waals surface area contributed by atoms with Gasteiger partial charge in [0.15, 0.2) is 0 Å². The van der Waals surface area contributed by atoms with E-state index in [0.717, 1.165) is 49.0 Å². The van der Waals surface area contributed by atoms with Crippen LogP contribution in [0.1, 0.15) is 56.9 Å². The van der Waals surface area contributed by atoms with Crippen LogP contribution in [0.3, 0.4) is 0 Å². The fourth-order valence-corrected chi connectivity index (χ4v) is 8.58. The van der Waals surface area contributed by atoms with Gasteiger partial charge in [-0.05, 0) is 98.9 Å². The Balaban J connectivity index is 1.09. The van der Waals surface area contributed by atoms with Crippen LogP contribution in [0.25, 0.3) is 0 Å². The zero-order valence-corrected chi connectivity index (χ0v) is 28.3. The molecule has 2 amide bonds. The lowest BCUT2D eigenvalue weighted by atomic mass is 9.70. The highest BCUT2D eigenvalue weighted by molar-refractivity contribution is 7.89. The highest BCUT2D eigenvalue weighted by Gasteiger charge is 2.44. The summed E-state index contributed by atoms with van der Waals surface area (Å²) in [6.07, 6.45) is 3.75. The first-order valence-electron chi connectivity index (χ1n) is 16.3. The fraction of sp³-hybridized carbons (Fsp3) is 0.486. The highest BCUT2D eigenvalue weighted by atomic mass is 32.2. The van der Waals surface area contributed by atoms with E-state index in [9.17, 15) is 22.4 Å². The molecule has 0 N–H and O–H groups in total. The molecule has 10 nitrogen and oxygen atoms in total. The summed E-state index contributed by atoms with van der Waals surface area (Å²) in [5.74, 6) is 0.441. The normalized spacial score (nSPS) is 21.3. The van der Waals surface area contributed by atoms with E-state index < -0.39 is 10.0 Å². The molecule has 6 rings (SSSR count). The van der Waals surface area contributed by atoms with Crippen molar-refractivity contribution in [1.29, 1.82) is 0 Å². The lowest BCUT2D eigenvalue weighted by molar-refractivity contribution is 0.0649. The molecule has 0 bridgehead atoms. The van der Waals surface area contributed by atoms with Crippen LogP contribution in [0.4, 0.5) is 4.39 Å². The van der Waals surface area contributed by atoms with E-state index in [2.05, 4.69) is 14.9 Å². The minimum atomic E-state index is -3.58. The molecule has 12 heteroatoms. The van der Waals surface area contributed by atoms with Gasteiger partial charge < -0.3 is 14.7 Å². The molecular weight excluding hydrogens is 619 g/mol. The van der Waals surface area contributed by atoms with Crippen LogP contribution in [-0.4, -0.2) is 109 Å². The fourth-order valence-electron chi connectivity index (χ4n) is 7.67. The molecule has 250 valence electrons. The number of sulfonamides is 1. The van der Waals surface area contributed by atoms with E-state index >= 15 is 0 Å². The van der Waals surface area contributed by atoms with Crippen molar-refractivity contribution in [2.45, 2.75) is 43.4 Å². The van der Waals surface area contributed by atoms with Crippen molar-refractivity contribution in [3.8, 4) is 0 Å². The van der Waals surface area contributed by atoms with Crippen molar-refractivity contribution in [2.24, 2.45) is 11.8 Å². The number of carbonyl (C=O) groups is 2. The summed E-state index contributed by atoms with van der Waals surface area (Å²) in [6.45, 7) is 8.90. The third kappa shape index (κ3) is 6.55. The van der Waals surface area contributed by atoms with Crippen LogP contribution < -0.4 is 0 Å². The van der Waals surface area contributed by atoms with Crippen LogP contribution in [0.5, 0.6) is 0 Å². The van der Waals surface area contributed by atoms with E-state index in [0.29, 0.717) is 60.3 Å². The summed E-state index contributed by atoms with van der Waals surface area (Å²) in [5.41, 5.74) is 3.18. The first-order chi connectivity index (χ1) is 22.4. The maximum absolute atomic E-state index is 14.5. The Labute approximate surface area is 276 Å². The average molecular weight is 663 g/mol. The zero-order chi connectivity index (χ0) is 33.5. The van der Waals surface area contributed by atoms with Crippen molar-refractivity contribution >= 4 is 21.8 Å². The second-order valence-electron chi connectivity index (χ2n) is 13.6. The van der Waals surface area contributed by atoms with Crippen LogP contribution in [0.15, 0.2) is 59.8 Å². The van der Waals surface area contributed by atoms with Gasteiger partial charge in [0.05, 0.1) is 21.8 Å². The van der Waals surface area contributed by atoms with Crippen LogP contribution in [0, 0.1) is 31.5 Å². The molecule has 2 aromatic carbocycles. The number of rotatable bonds is 8. The molecule has 2 atom stereocenters. The van der Waals surface area contributed by atoms with Crippen molar-refractivity contribution in [3.63, 3.8) is 0 Å². The molecule has 0 saturated carbocycles. The van der Waals surface area contributed by atoms with E-state index in [1.165, 1.54) is 38.6 Å². The van der Waals surface area contributed by atoms with E-state index in [4.69, 9.17) is 0 Å². The number of halogens is 1.